The highest BCUT2D eigenvalue weighted by molar-refractivity contribution is 5.37. The first-order valence-corrected chi connectivity index (χ1v) is 3.07. The second-order valence-corrected chi connectivity index (χ2v) is 1.89. The highest BCUT2D eigenvalue weighted by atomic mass is 16.1. The number of hydrogen-bond donors (Lipinski definition) is 0. The maximum Gasteiger partial charge on any atom is 0.447 e. The topological polar surface area (TPSA) is 20.1 Å². The Kier molecular flexibility index (Phi) is 2.22. The van der Waals surface area contributed by atoms with Crippen molar-refractivity contribution in [3.63, 3.8) is 0 Å². The van der Waals surface area contributed by atoms with E-state index in [4.69, 9.17) is 6.42 Å². The molecule has 0 saturated heterocycles. The molecule has 0 bridgehead atoms. The molecule has 0 saturated carbocycles. The minimum atomic E-state index is 0.657. The zero-order chi connectivity index (χ0) is 8.10. The first kappa shape index (κ1) is 7.27. The van der Waals surface area contributed by atoms with E-state index in [1.165, 1.54) is 0 Å². The molecule has 0 N–H and O–H groups in total. The Hall–Kier alpha value is -1.84. The summed E-state index contributed by atoms with van der Waals surface area (Å²) < 4.78 is 1.06. The molecule has 0 fully saturated rings. The summed E-state index contributed by atoms with van der Waals surface area (Å²) >= 11 is 0. The van der Waals surface area contributed by atoms with Gasteiger partial charge in [-0.1, -0.05) is 18.2 Å². The van der Waals surface area contributed by atoms with Crippen molar-refractivity contribution in [2.75, 3.05) is 0 Å². The number of para-hydroxylation sites is 1. The van der Waals surface area contributed by atoms with E-state index in [0.29, 0.717) is 5.69 Å². The van der Waals surface area contributed by atoms with Crippen molar-refractivity contribution in [3.8, 4) is 12.5 Å². The normalized spacial score (nSPS) is 7.91. The average molecular weight is 144 g/mol. The van der Waals surface area contributed by atoms with Crippen LogP contribution in [0.15, 0.2) is 30.3 Å². The van der Waals surface area contributed by atoms with Crippen LogP contribution in [0.1, 0.15) is 0 Å². The van der Waals surface area contributed by atoms with Gasteiger partial charge in [0.2, 0.25) is 11.7 Å². The predicted molar refractivity (Wildman–Crippen MR) is 40.9 cm³/mol. The number of hydrogen-bond acceptors (Lipinski definition) is 1. The molecule has 0 aliphatic rings. The van der Waals surface area contributed by atoms with Crippen LogP contribution >= 0.6 is 0 Å². The van der Waals surface area contributed by atoms with Gasteiger partial charge in [-0.05, 0) is 11.0 Å². The summed E-state index contributed by atoms with van der Waals surface area (Å²) in [6.07, 6.45) is 6.64. The quantitative estimate of drug-likeness (QED) is 0.191. The predicted octanol–water partition coefficient (Wildman–Crippen LogP) is 1.26. The fraction of sp³-hybridized carbons (Fsp3) is 0. The van der Waals surface area contributed by atoms with Gasteiger partial charge in [0, 0.05) is 12.1 Å². The van der Waals surface area contributed by atoms with Gasteiger partial charge in [-0.3, -0.25) is 0 Å². The highest BCUT2D eigenvalue weighted by Crippen LogP contribution is 2.07. The number of isocyanates is 1. The fourth-order valence-corrected chi connectivity index (χ4v) is 0.731. The van der Waals surface area contributed by atoms with Crippen molar-refractivity contribution >= 4 is 11.8 Å². The van der Waals surface area contributed by atoms with E-state index in [0.717, 1.165) is 4.58 Å². The van der Waals surface area contributed by atoms with Crippen molar-refractivity contribution in [1.29, 1.82) is 0 Å². The molecule has 0 spiro atoms. The summed E-state index contributed by atoms with van der Waals surface area (Å²) in [6.45, 7) is 0. The smallest absolute Gasteiger partial charge is 0.158 e. The van der Waals surface area contributed by atoms with E-state index in [-0.39, 0.29) is 0 Å². The van der Waals surface area contributed by atoms with E-state index < -0.39 is 0 Å². The van der Waals surface area contributed by atoms with Crippen LogP contribution in [0.25, 0.3) is 0 Å². The molecule has 0 heterocycles. The Balaban J connectivity index is 3.15. The molecule has 1 rings (SSSR count). The van der Waals surface area contributed by atoms with Gasteiger partial charge in [-0.25, -0.2) is 0 Å². The van der Waals surface area contributed by atoms with E-state index in [2.05, 4.69) is 6.04 Å². The largest absolute Gasteiger partial charge is 0.447 e. The van der Waals surface area contributed by atoms with Crippen LogP contribution in [-0.2, 0) is 4.79 Å². The Morgan fingerprint density at radius 1 is 1.27 bits per heavy atom. The van der Waals surface area contributed by atoms with Crippen molar-refractivity contribution < 1.29 is 9.37 Å². The maximum absolute atomic E-state index is 10.2. The average Bonchev–Trinajstić information content (AvgIpc) is 2.09. The lowest BCUT2D eigenvalue weighted by atomic mass is 10.3. The summed E-state index contributed by atoms with van der Waals surface area (Å²) in [6, 6.07) is 11.1. The van der Waals surface area contributed by atoms with E-state index in [1.54, 1.807) is 30.3 Å². The van der Waals surface area contributed by atoms with Crippen LogP contribution in [-0.4, -0.2) is 10.7 Å². The molecule has 0 aliphatic heterocycles. The molecule has 0 aliphatic carbocycles. The number of rotatable bonds is 1. The van der Waals surface area contributed by atoms with Gasteiger partial charge in [-0.2, -0.15) is 4.79 Å². The first-order valence-electron chi connectivity index (χ1n) is 3.07. The molecule has 0 atom stereocenters. The van der Waals surface area contributed by atoms with Crippen molar-refractivity contribution in [2.24, 2.45) is 0 Å². The minimum Gasteiger partial charge on any atom is -0.158 e. The van der Waals surface area contributed by atoms with Crippen LogP contribution in [0.3, 0.4) is 0 Å². The summed E-state index contributed by atoms with van der Waals surface area (Å²) in [7, 11) is 0. The third-order valence-electron chi connectivity index (χ3n) is 1.23. The Labute approximate surface area is 64.8 Å². The van der Waals surface area contributed by atoms with Crippen LogP contribution in [0.2, 0.25) is 0 Å². The molecular formula is C9H6NO+. The number of terminal acetylenes is 1. The molecule has 1 aromatic carbocycles. The first-order chi connectivity index (χ1) is 5.38. The van der Waals surface area contributed by atoms with Gasteiger partial charge < -0.3 is 0 Å². The fourth-order valence-electron chi connectivity index (χ4n) is 0.731. The van der Waals surface area contributed by atoms with Crippen LogP contribution in [0, 0.1) is 12.5 Å². The van der Waals surface area contributed by atoms with Gasteiger partial charge in [-0.15, -0.1) is 0 Å². The van der Waals surface area contributed by atoms with E-state index >= 15 is 0 Å². The van der Waals surface area contributed by atoms with Crippen molar-refractivity contribution in [2.45, 2.75) is 0 Å². The lowest BCUT2D eigenvalue weighted by Crippen LogP contribution is -1.92. The van der Waals surface area contributed by atoms with E-state index in [1.807, 2.05) is 6.07 Å². The van der Waals surface area contributed by atoms with Gasteiger partial charge in [0.05, 0.1) is 0 Å². The summed E-state index contributed by atoms with van der Waals surface area (Å²) in [5.41, 5.74) is 0.657. The molecule has 0 aromatic heterocycles. The molecule has 2 nitrogen and oxygen atoms in total. The van der Waals surface area contributed by atoms with Crippen LogP contribution < -0.4 is 0 Å². The van der Waals surface area contributed by atoms with Crippen LogP contribution in [0.4, 0.5) is 5.69 Å². The molecule has 0 amide bonds. The lowest BCUT2D eigenvalue weighted by Gasteiger charge is -1.84. The zero-order valence-electron chi connectivity index (χ0n) is 5.82. The SMILES string of the molecule is C#C[N+](=C=O)c1ccccc1. The van der Waals surface area contributed by atoms with Gasteiger partial charge >= 0.3 is 6.08 Å². The van der Waals surface area contributed by atoms with Crippen molar-refractivity contribution in [3.05, 3.63) is 30.3 Å². The maximum atomic E-state index is 10.2. The zero-order valence-corrected chi connectivity index (χ0v) is 5.82. The molecular weight excluding hydrogens is 138 g/mol. The third kappa shape index (κ3) is 1.54. The molecule has 0 unspecified atom stereocenters. The minimum absolute atomic E-state index is 0.657. The second-order valence-electron chi connectivity index (χ2n) is 1.89. The van der Waals surface area contributed by atoms with Crippen molar-refractivity contribution in [1.82, 2.24) is 0 Å². The summed E-state index contributed by atoms with van der Waals surface area (Å²) in [5.74, 6) is 0. The third-order valence-corrected chi connectivity index (χ3v) is 1.23. The molecule has 1 aromatic rings. The molecule has 0 radical (unpaired) electrons. The monoisotopic (exact) mass is 144 g/mol. The molecule has 11 heavy (non-hydrogen) atoms. The Morgan fingerprint density at radius 3 is 2.36 bits per heavy atom. The lowest BCUT2D eigenvalue weighted by molar-refractivity contribution is -0.333. The Morgan fingerprint density at radius 2 is 1.91 bits per heavy atom. The number of nitrogens with zero attached hydrogens (tertiary/aromatic N) is 1. The second kappa shape index (κ2) is 3.36. The Bertz CT molecular complexity index is 328. The van der Waals surface area contributed by atoms with Gasteiger partial charge in [0.25, 0.3) is 0 Å². The molecule has 52 valence electrons. The number of carbonyl (C=O) groups excluding carboxylic acids is 1. The van der Waals surface area contributed by atoms with Gasteiger partial charge in [0.15, 0.2) is 0 Å². The highest BCUT2D eigenvalue weighted by Gasteiger charge is 2.03. The van der Waals surface area contributed by atoms with Gasteiger partial charge in [0.1, 0.15) is 0 Å². The molecule has 2 heteroatoms. The number of benzene rings is 1. The standard InChI is InChI=1S/C9H6NO/c1-2-10(8-11)9-6-4-3-5-7-9/h1,3-7H/q+1. The summed E-state index contributed by atoms with van der Waals surface area (Å²) in [5, 5.41) is 0. The van der Waals surface area contributed by atoms with Crippen LogP contribution in [0.5, 0.6) is 0 Å². The van der Waals surface area contributed by atoms with E-state index in [9.17, 15) is 4.79 Å². The summed E-state index contributed by atoms with van der Waals surface area (Å²) in [4.78, 5) is 10.2.